The summed E-state index contributed by atoms with van der Waals surface area (Å²) in [7, 11) is 0. The summed E-state index contributed by atoms with van der Waals surface area (Å²) in [6.07, 6.45) is 1.55. The van der Waals surface area contributed by atoms with Gasteiger partial charge in [0.25, 0.3) is 0 Å². The van der Waals surface area contributed by atoms with E-state index in [1.807, 2.05) is 12.1 Å². The van der Waals surface area contributed by atoms with Crippen LogP contribution in [0.3, 0.4) is 0 Å². The minimum Gasteiger partial charge on any atom is -0.508 e. The molecular formula is C12H16FNO. The molecule has 1 aliphatic rings. The van der Waals surface area contributed by atoms with E-state index in [9.17, 15) is 9.50 Å². The number of halogens is 1. The number of benzene rings is 1. The predicted octanol–water partition coefficient (Wildman–Crippen LogP) is 2.72. The Bertz CT molecular complexity index is 312. The van der Waals surface area contributed by atoms with Crippen molar-refractivity contribution in [1.29, 1.82) is 0 Å². The van der Waals surface area contributed by atoms with Crippen LogP contribution in [0.15, 0.2) is 24.3 Å². The summed E-state index contributed by atoms with van der Waals surface area (Å²) in [6.45, 7) is 1.68. The Hall–Kier alpha value is -1.25. The molecule has 1 aromatic rings. The van der Waals surface area contributed by atoms with Crippen molar-refractivity contribution in [3.05, 3.63) is 24.3 Å². The van der Waals surface area contributed by atoms with Gasteiger partial charge in [0.15, 0.2) is 0 Å². The lowest BCUT2D eigenvalue weighted by molar-refractivity contribution is 0.307. The van der Waals surface area contributed by atoms with E-state index in [1.165, 1.54) is 0 Å². The van der Waals surface area contributed by atoms with Gasteiger partial charge in [-0.15, -0.1) is 0 Å². The Kier molecular flexibility index (Phi) is 3.09. The number of alkyl halides is 1. The molecule has 2 nitrogen and oxygen atoms in total. The first kappa shape index (κ1) is 10.3. The second-order valence-electron chi connectivity index (χ2n) is 4.03. The fraction of sp³-hybridized carbons (Fsp3) is 0.500. The fourth-order valence-corrected chi connectivity index (χ4v) is 1.98. The number of phenols is 1. The van der Waals surface area contributed by atoms with Gasteiger partial charge in [-0.05, 0) is 43.5 Å². The molecule has 1 N–H and O–H groups in total. The van der Waals surface area contributed by atoms with E-state index in [-0.39, 0.29) is 5.75 Å². The number of aromatic hydroxyl groups is 1. The first-order valence-corrected chi connectivity index (χ1v) is 5.44. The molecule has 0 spiro atoms. The largest absolute Gasteiger partial charge is 0.508 e. The quantitative estimate of drug-likeness (QED) is 0.768. The lowest BCUT2D eigenvalue weighted by atomic mass is 10.2. The zero-order valence-electron chi connectivity index (χ0n) is 8.69. The first-order valence-electron chi connectivity index (χ1n) is 5.44. The van der Waals surface area contributed by atoms with E-state index in [1.54, 1.807) is 12.1 Å². The van der Waals surface area contributed by atoms with Crippen molar-refractivity contribution < 1.29 is 9.50 Å². The predicted molar refractivity (Wildman–Crippen MR) is 59.1 cm³/mol. The lowest BCUT2D eigenvalue weighted by Crippen LogP contribution is -2.24. The molecule has 1 saturated heterocycles. The molecule has 1 unspecified atom stereocenters. The average molecular weight is 209 g/mol. The molecule has 0 bridgehead atoms. The van der Waals surface area contributed by atoms with E-state index < -0.39 is 6.17 Å². The normalized spacial score (nSPS) is 22.5. The molecule has 82 valence electrons. The first-order chi connectivity index (χ1) is 7.25. The summed E-state index contributed by atoms with van der Waals surface area (Å²) in [5.74, 6) is 0.275. The molecule has 2 rings (SSSR count). The second kappa shape index (κ2) is 4.51. The number of rotatable bonds is 1. The van der Waals surface area contributed by atoms with Crippen LogP contribution in [0.4, 0.5) is 10.1 Å². The molecule has 1 aromatic carbocycles. The van der Waals surface area contributed by atoms with Crippen LogP contribution in [0.25, 0.3) is 0 Å². The maximum atomic E-state index is 13.1. The van der Waals surface area contributed by atoms with Crippen molar-refractivity contribution in [2.24, 2.45) is 0 Å². The van der Waals surface area contributed by atoms with Crippen molar-refractivity contribution in [2.45, 2.75) is 25.4 Å². The number of phenolic OH excluding ortho intramolecular Hbond substituents is 1. The third-order valence-corrected chi connectivity index (χ3v) is 2.87. The SMILES string of the molecule is Oc1ccc(N2CCCC(F)CC2)cc1. The summed E-state index contributed by atoms with van der Waals surface area (Å²) in [4.78, 5) is 2.18. The molecule has 3 heteroatoms. The van der Waals surface area contributed by atoms with Gasteiger partial charge in [-0.3, -0.25) is 0 Å². The highest BCUT2D eigenvalue weighted by Gasteiger charge is 2.16. The van der Waals surface area contributed by atoms with E-state index in [0.29, 0.717) is 12.8 Å². The number of hydrogen-bond acceptors (Lipinski definition) is 2. The zero-order valence-corrected chi connectivity index (χ0v) is 8.69. The van der Waals surface area contributed by atoms with Crippen molar-refractivity contribution in [2.75, 3.05) is 18.0 Å². The topological polar surface area (TPSA) is 23.5 Å². The van der Waals surface area contributed by atoms with Crippen molar-refractivity contribution in [3.8, 4) is 5.75 Å². The van der Waals surface area contributed by atoms with Gasteiger partial charge in [0.05, 0.1) is 0 Å². The van der Waals surface area contributed by atoms with E-state index in [4.69, 9.17) is 0 Å². The molecule has 0 saturated carbocycles. The monoisotopic (exact) mass is 209 g/mol. The average Bonchev–Trinajstić information content (AvgIpc) is 2.44. The number of nitrogens with zero attached hydrogens (tertiary/aromatic N) is 1. The van der Waals surface area contributed by atoms with E-state index in [0.717, 1.165) is 25.2 Å². The summed E-state index contributed by atoms with van der Waals surface area (Å²) < 4.78 is 13.1. The highest BCUT2D eigenvalue weighted by atomic mass is 19.1. The lowest BCUT2D eigenvalue weighted by Gasteiger charge is -2.22. The molecule has 1 heterocycles. The number of hydrogen-bond donors (Lipinski definition) is 1. The molecule has 15 heavy (non-hydrogen) atoms. The molecule has 1 atom stereocenters. The highest BCUT2D eigenvalue weighted by molar-refractivity contribution is 5.48. The fourth-order valence-electron chi connectivity index (χ4n) is 1.98. The van der Waals surface area contributed by atoms with Crippen LogP contribution in [-0.4, -0.2) is 24.4 Å². The summed E-state index contributed by atoms with van der Waals surface area (Å²) in [6, 6.07) is 7.11. The van der Waals surface area contributed by atoms with Crippen LogP contribution in [0.5, 0.6) is 5.75 Å². The van der Waals surface area contributed by atoms with Crippen molar-refractivity contribution >= 4 is 5.69 Å². The third kappa shape index (κ3) is 2.61. The van der Waals surface area contributed by atoms with E-state index in [2.05, 4.69) is 4.90 Å². The van der Waals surface area contributed by atoms with Crippen LogP contribution >= 0.6 is 0 Å². The molecule has 1 aliphatic heterocycles. The van der Waals surface area contributed by atoms with Crippen LogP contribution in [-0.2, 0) is 0 Å². The summed E-state index contributed by atoms with van der Waals surface area (Å²) in [5, 5.41) is 9.17. The Morgan fingerprint density at radius 2 is 1.87 bits per heavy atom. The molecular weight excluding hydrogens is 193 g/mol. The Balaban J connectivity index is 2.06. The molecule has 0 radical (unpaired) electrons. The Morgan fingerprint density at radius 3 is 2.60 bits per heavy atom. The third-order valence-electron chi connectivity index (χ3n) is 2.87. The van der Waals surface area contributed by atoms with Crippen molar-refractivity contribution in [1.82, 2.24) is 0 Å². The second-order valence-corrected chi connectivity index (χ2v) is 4.03. The summed E-state index contributed by atoms with van der Waals surface area (Å²) >= 11 is 0. The number of anilines is 1. The molecule has 0 amide bonds. The van der Waals surface area contributed by atoms with Gasteiger partial charge in [-0.1, -0.05) is 0 Å². The van der Waals surface area contributed by atoms with E-state index >= 15 is 0 Å². The molecule has 0 aromatic heterocycles. The standard InChI is InChI=1S/C12H16FNO/c13-10-2-1-8-14(9-7-10)11-3-5-12(15)6-4-11/h3-6,10,15H,1-2,7-9H2. The van der Waals surface area contributed by atoms with Crippen LogP contribution < -0.4 is 4.90 Å². The van der Waals surface area contributed by atoms with Gasteiger partial charge in [0, 0.05) is 18.8 Å². The van der Waals surface area contributed by atoms with Gasteiger partial charge >= 0.3 is 0 Å². The smallest absolute Gasteiger partial charge is 0.115 e. The molecule has 1 fully saturated rings. The van der Waals surface area contributed by atoms with Gasteiger partial charge < -0.3 is 10.0 Å². The minimum atomic E-state index is -0.646. The Morgan fingerprint density at radius 1 is 1.13 bits per heavy atom. The van der Waals surface area contributed by atoms with Gasteiger partial charge in [0.1, 0.15) is 11.9 Å². The maximum Gasteiger partial charge on any atom is 0.115 e. The summed E-state index contributed by atoms with van der Waals surface area (Å²) in [5.41, 5.74) is 1.07. The molecule has 0 aliphatic carbocycles. The van der Waals surface area contributed by atoms with Gasteiger partial charge in [-0.2, -0.15) is 0 Å². The highest BCUT2D eigenvalue weighted by Crippen LogP contribution is 2.22. The van der Waals surface area contributed by atoms with Crippen LogP contribution in [0.2, 0.25) is 0 Å². The maximum absolute atomic E-state index is 13.1. The zero-order chi connectivity index (χ0) is 10.7. The van der Waals surface area contributed by atoms with Gasteiger partial charge in [0.2, 0.25) is 0 Å². The van der Waals surface area contributed by atoms with Gasteiger partial charge in [-0.25, -0.2) is 4.39 Å². The minimum absolute atomic E-state index is 0.275. The van der Waals surface area contributed by atoms with Crippen molar-refractivity contribution in [3.63, 3.8) is 0 Å². The van der Waals surface area contributed by atoms with Crippen LogP contribution in [0, 0.1) is 0 Å². The van der Waals surface area contributed by atoms with Crippen LogP contribution in [0.1, 0.15) is 19.3 Å². The Labute approximate surface area is 89.3 Å².